The summed E-state index contributed by atoms with van der Waals surface area (Å²) in [4.78, 5) is 24.3. The van der Waals surface area contributed by atoms with Gasteiger partial charge in [0.1, 0.15) is 12.4 Å². The number of halogens is 1. The molecule has 140 valence electrons. The molecule has 3 rings (SSSR count). The summed E-state index contributed by atoms with van der Waals surface area (Å²) >= 11 is 6.01. The van der Waals surface area contributed by atoms with E-state index in [4.69, 9.17) is 21.1 Å². The monoisotopic (exact) mass is 386 g/mol. The molecule has 1 aliphatic heterocycles. The van der Waals surface area contributed by atoms with Crippen LogP contribution in [-0.2, 0) is 9.53 Å². The van der Waals surface area contributed by atoms with Crippen LogP contribution in [0.3, 0.4) is 0 Å². The van der Waals surface area contributed by atoms with E-state index in [2.05, 4.69) is 10.6 Å². The highest BCUT2D eigenvalue weighted by Gasteiger charge is 2.19. The van der Waals surface area contributed by atoms with Gasteiger partial charge in [-0.2, -0.15) is 0 Å². The van der Waals surface area contributed by atoms with E-state index in [0.717, 1.165) is 11.1 Å². The molecule has 0 aliphatic carbocycles. The molecule has 0 unspecified atom stereocenters. The number of carbonyl (C=O) groups excluding carboxylic acids is 2. The Morgan fingerprint density at radius 2 is 1.93 bits per heavy atom. The summed E-state index contributed by atoms with van der Waals surface area (Å²) < 4.78 is 10.5. The highest BCUT2D eigenvalue weighted by Crippen LogP contribution is 2.30. The van der Waals surface area contributed by atoms with Crippen LogP contribution in [0.2, 0.25) is 5.02 Å². The molecule has 6 nitrogen and oxygen atoms in total. The average Bonchev–Trinajstić information content (AvgIpc) is 2.64. The maximum atomic E-state index is 12.6. The minimum atomic E-state index is -0.541. The Balaban J connectivity index is 1.77. The predicted molar refractivity (Wildman–Crippen MR) is 105 cm³/mol. The maximum absolute atomic E-state index is 12.6. The van der Waals surface area contributed by atoms with E-state index in [-0.39, 0.29) is 19.1 Å². The van der Waals surface area contributed by atoms with Crippen molar-refractivity contribution < 1.29 is 19.1 Å². The number of rotatable bonds is 4. The molecule has 1 heterocycles. The number of ether oxygens (including phenoxy) is 2. The summed E-state index contributed by atoms with van der Waals surface area (Å²) in [7, 11) is 0. The third-order valence-corrected chi connectivity index (χ3v) is 4.31. The molecule has 0 saturated heterocycles. The molecular weight excluding hydrogens is 368 g/mol. The standard InChI is InChI=1S/C20H19ClN2O4/c1-3-26-20(25)23-17-6-4-5-16(12(17)2)22-19(24)14-9-13-10-15(21)7-8-18(13)27-11-14/h4-10H,3,11H2,1-2H3,(H,22,24)(H,23,25). The van der Waals surface area contributed by atoms with Crippen LogP contribution >= 0.6 is 11.6 Å². The second kappa shape index (κ2) is 8.14. The maximum Gasteiger partial charge on any atom is 0.411 e. The molecule has 0 saturated carbocycles. The lowest BCUT2D eigenvalue weighted by molar-refractivity contribution is -0.113. The van der Waals surface area contributed by atoms with E-state index in [9.17, 15) is 9.59 Å². The predicted octanol–water partition coefficient (Wildman–Crippen LogP) is 4.63. The second-order valence-corrected chi connectivity index (χ2v) is 6.35. The summed E-state index contributed by atoms with van der Waals surface area (Å²) in [6.45, 7) is 3.98. The lowest BCUT2D eigenvalue weighted by atomic mass is 10.1. The van der Waals surface area contributed by atoms with Crippen molar-refractivity contribution >= 4 is 41.1 Å². The van der Waals surface area contributed by atoms with Gasteiger partial charge in [0.15, 0.2) is 0 Å². The Labute approximate surface area is 162 Å². The topological polar surface area (TPSA) is 76.7 Å². The minimum Gasteiger partial charge on any atom is -0.488 e. The number of benzene rings is 2. The van der Waals surface area contributed by atoms with E-state index in [1.807, 2.05) is 0 Å². The molecule has 2 N–H and O–H groups in total. The van der Waals surface area contributed by atoms with Crippen molar-refractivity contribution in [2.45, 2.75) is 13.8 Å². The average molecular weight is 387 g/mol. The zero-order valence-corrected chi connectivity index (χ0v) is 15.7. The molecule has 0 bridgehead atoms. The number of amides is 2. The molecule has 0 radical (unpaired) electrons. The number of nitrogens with one attached hydrogen (secondary N) is 2. The molecule has 0 aromatic heterocycles. The number of carbonyl (C=O) groups is 2. The van der Waals surface area contributed by atoms with Gasteiger partial charge in [-0.1, -0.05) is 17.7 Å². The number of fused-ring (bicyclic) bond motifs is 1. The number of hydrogen-bond acceptors (Lipinski definition) is 4. The summed E-state index contributed by atoms with van der Waals surface area (Å²) in [6.07, 6.45) is 1.22. The van der Waals surface area contributed by atoms with Gasteiger partial charge < -0.3 is 14.8 Å². The van der Waals surface area contributed by atoms with Crippen LogP contribution in [-0.4, -0.2) is 25.2 Å². The molecule has 1 aliphatic rings. The van der Waals surface area contributed by atoms with Crippen molar-refractivity contribution in [3.63, 3.8) is 0 Å². The third kappa shape index (κ3) is 4.41. The normalized spacial score (nSPS) is 12.3. The fourth-order valence-electron chi connectivity index (χ4n) is 2.67. The van der Waals surface area contributed by atoms with Gasteiger partial charge in [-0.25, -0.2) is 4.79 Å². The Morgan fingerprint density at radius 1 is 1.19 bits per heavy atom. The van der Waals surface area contributed by atoms with E-state index < -0.39 is 6.09 Å². The first-order chi connectivity index (χ1) is 13.0. The molecule has 2 aromatic rings. The molecule has 7 heteroatoms. The molecule has 0 fully saturated rings. The lowest BCUT2D eigenvalue weighted by Gasteiger charge is -2.19. The fourth-order valence-corrected chi connectivity index (χ4v) is 2.85. The zero-order valence-electron chi connectivity index (χ0n) is 15.0. The van der Waals surface area contributed by atoms with E-state index in [1.165, 1.54) is 0 Å². The molecular formula is C20H19ClN2O4. The van der Waals surface area contributed by atoms with Gasteiger partial charge in [-0.05, 0) is 55.8 Å². The summed E-state index contributed by atoms with van der Waals surface area (Å²) in [5, 5.41) is 6.09. The van der Waals surface area contributed by atoms with Gasteiger partial charge in [0.25, 0.3) is 5.91 Å². The minimum absolute atomic E-state index is 0.167. The van der Waals surface area contributed by atoms with Crippen LogP contribution in [0.5, 0.6) is 5.75 Å². The van der Waals surface area contributed by atoms with Crippen molar-refractivity contribution in [2.24, 2.45) is 0 Å². The van der Waals surface area contributed by atoms with Crippen LogP contribution in [0.4, 0.5) is 16.2 Å². The first kappa shape index (κ1) is 18.8. The summed E-state index contributed by atoms with van der Waals surface area (Å²) in [6, 6.07) is 10.5. The van der Waals surface area contributed by atoms with E-state index in [0.29, 0.717) is 27.7 Å². The van der Waals surface area contributed by atoms with Crippen LogP contribution < -0.4 is 15.4 Å². The Morgan fingerprint density at radius 3 is 2.67 bits per heavy atom. The molecule has 2 amide bonds. The SMILES string of the molecule is CCOC(=O)Nc1cccc(NC(=O)C2=Cc3cc(Cl)ccc3OC2)c1C. The Kier molecular flexibility index (Phi) is 5.66. The Hall–Kier alpha value is -2.99. The van der Waals surface area contributed by atoms with Gasteiger partial charge in [-0.3, -0.25) is 10.1 Å². The molecule has 0 atom stereocenters. The third-order valence-electron chi connectivity index (χ3n) is 4.07. The number of anilines is 2. The smallest absolute Gasteiger partial charge is 0.411 e. The van der Waals surface area contributed by atoms with Crippen LogP contribution in [0.1, 0.15) is 18.1 Å². The highest BCUT2D eigenvalue weighted by atomic mass is 35.5. The largest absolute Gasteiger partial charge is 0.488 e. The van der Waals surface area contributed by atoms with Crippen LogP contribution in [0.25, 0.3) is 6.08 Å². The summed E-state index contributed by atoms with van der Waals surface area (Å²) in [5.74, 6) is 0.407. The first-order valence-electron chi connectivity index (χ1n) is 8.45. The highest BCUT2D eigenvalue weighted by molar-refractivity contribution is 6.30. The number of hydrogen-bond donors (Lipinski definition) is 2. The van der Waals surface area contributed by atoms with Crippen molar-refractivity contribution in [1.82, 2.24) is 0 Å². The van der Waals surface area contributed by atoms with Crippen LogP contribution in [0, 0.1) is 6.92 Å². The lowest BCUT2D eigenvalue weighted by Crippen LogP contribution is -2.22. The van der Waals surface area contributed by atoms with Gasteiger partial charge in [0.2, 0.25) is 0 Å². The molecule has 27 heavy (non-hydrogen) atoms. The van der Waals surface area contributed by atoms with Gasteiger partial charge in [-0.15, -0.1) is 0 Å². The summed E-state index contributed by atoms with van der Waals surface area (Å²) in [5.41, 5.74) is 3.12. The van der Waals surface area contributed by atoms with Crippen molar-refractivity contribution in [3.05, 3.63) is 58.1 Å². The molecule has 0 spiro atoms. The fraction of sp³-hybridized carbons (Fsp3) is 0.200. The van der Waals surface area contributed by atoms with Crippen LogP contribution in [0.15, 0.2) is 42.0 Å². The zero-order chi connectivity index (χ0) is 19.4. The Bertz CT molecular complexity index is 924. The van der Waals surface area contributed by atoms with E-state index >= 15 is 0 Å². The van der Waals surface area contributed by atoms with Crippen molar-refractivity contribution in [2.75, 3.05) is 23.8 Å². The van der Waals surface area contributed by atoms with E-state index in [1.54, 1.807) is 56.3 Å². The second-order valence-electron chi connectivity index (χ2n) is 5.92. The van der Waals surface area contributed by atoms with Gasteiger partial charge >= 0.3 is 6.09 Å². The molecule has 2 aromatic carbocycles. The first-order valence-corrected chi connectivity index (χ1v) is 8.83. The van der Waals surface area contributed by atoms with Crippen molar-refractivity contribution in [1.29, 1.82) is 0 Å². The quantitative estimate of drug-likeness (QED) is 0.803. The van der Waals surface area contributed by atoms with Crippen molar-refractivity contribution in [3.8, 4) is 5.75 Å². The van der Waals surface area contributed by atoms with Gasteiger partial charge in [0.05, 0.1) is 12.2 Å². The van der Waals surface area contributed by atoms with Gasteiger partial charge in [0, 0.05) is 22.0 Å².